The molecule has 1 fully saturated rings. The number of nitrogens with zero attached hydrogens (tertiary/aromatic N) is 4. The van der Waals surface area contributed by atoms with Crippen LogP contribution in [0, 0.1) is 20.8 Å². The number of hydrogen-bond donors (Lipinski definition) is 1. The van der Waals surface area contributed by atoms with Crippen molar-refractivity contribution in [1.82, 2.24) is 25.4 Å². The zero-order valence-electron chi connectivity index (χ0n) is 16.6. The van der Waals surface area contributed by atoms with Crippen molar-refractivity contribution in [3.63, 3.8) is 0 Å². The van der Waals surface area contributed by atoms with Gasteiger partial charge in [-0.2, -0.15) is 4.98 Å². The lowest BCUT2D eigenvalue weighted by Gasteiger charge is -2.30. The molecule has 1 aliphatic carbocycles. The van der Waals surface area contributed by atoms with Crippen molar-refractivity contribution >= 4 is 16.9 Å². The Morgan fingerprint density at radius 2 is 1.64 bits per heavy atom. The van der Waals surface area contributed by atoms with Crippen molar-refractivity contribution in [2.45, 2.75) is 64.8 Å². The Labute approximate surface area is 164 Å². The van der Waals surface area contributed by atoms with E-state index in [2.05, 4.69) is 25.4 Å². The lowest BCUT2D eigenvalue weighted by Crippen LogP contribution is -2.46. The Hall–Kier alpha value is -2.83. The van der Waals surface area contributed by atoms with E-state index in [9.17, 15) is 4.79 Å². The van der Waals surface area contributed by atoms with E-state index in [0.717, 1.165) is 60.9 Å². The summed E-state index contributed by atoms with van der Waals surface area (Å²) < 4.78 is 5.22. The topological polar surface area (TPSA) is 93.8 Å². The zero-order valence-corrected chi connectivity index (χ0v) is 16.6. The summed E-state index contributed by atoms with van der Waals surface area (Å²) in [6, 6.07) is 5.45. The molecule has 2 heterocycles. The van der Waals surface area contributed by atoms with Gasteiger partial charge in [0.15, 0.2) is 5.82 Å². The van der Waals surface area contributed by atoms with Gasteiger partial charge in [0.2, 0.25) is 5.89 Å². The Morgan fingerprint density at radius 3 is 2.29 bits per heavy atom. The second-order valence-electron chi connectivity index (χ2n) is 7.69. The fourth-order valence-corrected chi connectivity index (χ4v) is 3.89. The lowest BCUT2D eigenvalue weighted by atomic mass is 9.88. The number of carbonyl (C=O) groups excluding carboxylic acids is 1. The third-order valence-corrected chi connectivity index (χ3v) is 5.60. The fourth-order valence-electron chi connectivity index (χ4n) is 3.89. The first-order valence-corrected chi connectivity index (χ1v) is 9.85. The normalized spacial score (nSPS) is 16.7. The number of aryl methyl sites for hydroxylation is 3. The molecule has 0 bridgehead atoms. The van der Waals surface area contributed by atoms with Crippen molar-refractivity contribution < 1.29 is 9.32 Å². The molecule has 146 valence electrons. The molecule has 0 saturated heterocycles. The standard InChI is InChI=1S/C21H25N5O2/c1-13-14(2)23-18-12-16(8-9-17(18)22-13)19(27)25-21(10-6-4-5-7-11-21)20-24-15(3)28-26-20/h8-9,12H,4-7,10-11H2,1-3H3,(H,25,27). The molecule has 1 aliphatic rings. The van der Waals surface area contributed by atoms with Gasteiger partial charge >= 0.3 is 0 Å². The summed E-state index contributed by atoms with van der Waals surface area (Å²) in [5.41, 5.74) is 3.25. The molecule has 7 heteroatoms. The lowest BCUT2D eigenvalue weighted by molar-refractivity contribution is 0.0877. The van der Waals surface area contributed by atoms with Crippen LogP contribution in [0.5, 0.6) is 0 Å². The van der Waals surface area contributed by atoms with Gasteiger partial charge in [0, 0.05) is 12.5 Å². The van der Waals surface area contributed by atoms with E-state index in [1.165, 1.54) is 0 Å². The first-order chi connectivity index (χ1) is 13.5. The summed E-state index contributed by atoms with van der Waals surface area (Å²) >= 11 is 0. The quantitative estimate of drug-likeness (QED) is 0.693. The van der Waals surface area contributed by atoms with Crippen LogP contribution in [-0.4, -0.2) is 26.0 Å². The third kappa shape index (κ3) is 3.48. The van der Waals surface area contributed by atoms with Gasteiger partial charge in [-0.25, -0.2) is 9.97 Å². The number of amides is 1. The molecule has 1 aromatic carbocycles. The van der Waals surface area contributed by atoms with Crippen molar-refractivity contribution in [3.05, 3.63) is 46.9 Å². The number of rotatable bonds is 3. The Morgan fingerprint density at radius 1 is 0.964 bits per heavy atom. The van der Waals surface area contributed by atoms with Gasteiger partial charge in [-0.1, -0.05) is 30.8 Å². The van der Waals surface area contributed by atoms with Crippen LogP contribution in [0.1, 0.15) is 72.0 Å². The van der Waals surface area contributed by atoms with Crippen LogP contribution in [0.25, 0.3) is 11.0 Å². The second-order valence-corrected chi connectivity index (χ2v) is 7.69. The molecule has 0 aliphatic heterocycles. The zero-order chi connectivity index (χ0) is 19.7. The molecule has 0 radical (unpaired) electrons. The van der Waals surface area contributed by atoms with E-state index >= 15 is 0 Å². The van der Waals surface area contributed by atoms with Gasteiger partial charge in [-0.15, -0.1) is 0 Å². The molecule has 0 atom stereocenters. The fraction of sp³-hybridized carbons (Fsp3) is 0.476. The van der Waals surface area contributed by atoms with Crippen LogP contribution < -0.4 is 5.32 Å². The van der Waals surface area contributed by atoms with Crippen molar-refractivity contribution in [1.29, 1.82) is 0 Å². The van der Waals surface area contributed by atoms with E-state index < -0.39 is 5.54 Å². The highest BCUT2D eigenvalue weighted by Gasteiger charge is 2.39. The van der Waals surface area contributed by atoms with Gasteiger partial charge in [0.05, 0.1) is 22.4 Å². The van der Waals surface area contributed by atoms with Crippen LogP contribution in [-0.2, 0) is 5.54 Å². The summed E-state index contributed by atoms with van der Waals surface area (Å²) in [6.07, 6.45) is 5.97. The second kappa shape index (κ2) is 7.30. The minimum absolute atomic E-state index is 0.147. The summed E-state index contributed by atoms with van der Waals surface area (Å²) in [5.74, 6) is 0.943. The van der Waals surface area contributed by atoms with Crippen molar-refractivity contribution in [2.24, 2.45) is 0 Å². The molecule has 28 heavy (non-hydrogen) atoms. The summed E-state index contributed by atoms with van der Waals surface area (Å²) in [7, 11) is 0. The molecule has 0 unspecified atom stereocenters. The number of carbonyl (C=O) groups is 1. The SMILES string of the molecule is Cc1nc(C2(NC(=O)c3ccc4nc(C)c(C)nc4c3)CCCCCC2)no1. The first kappa shape index (κ1) is 18.5. The van der Waals surface area contributed by atoms with Crippen LogP contribution in [0.2, 0.25) is 0 Å². The van der Waals surface area contributed by atoms with E-state index in [-0.39, 0.29) is 5.91 Å². The highest BCUT2D eigenvalue weighted by Crippen LogP contribution is 2.35. The summed E-state index contributed by atoms with van der Waals surface area (Å²) in [6.45, 7) is 5.63. The maximum Gasteiger partial charge on any atom is 0.252 e. The monoisotopic (exact) mass is 379 g/mol. The molecular formula is C21H25N5O2. The highest BCUT2D eigenvalue weighted by molar-refractivity contribution is 5.97. The molecule has 0 spiro atoms. The number of aromatic nitrogens is 4. The average Bonchev–Trinajstić information content (AvgIpc) is 2.98. The number of fused-ring (bicyclic) bond motifs is 1. The Balaban J connectivity index is 1.67. The van der Waals surface area contributed by atoms with Crippen molar-refractivity contribution in [3.8, 4) is 0 Å². The molecule has 4 rings (SSSR count). The molecule has 3 aromatic rings. The molecule has 1 amide bonds. The van der Waals surface area contributed by atoms with E-state index in [0.29, 0.717) is 17.3 Å². The van der Waals surface area contributed by atoms with Crippen LogP contribution in [0.3, 0.4) is 0 Å². The van der Waals surface area contributed by atoms with Gasteiger partial charge < -0.3 is 9.84 Å². The van der Waals surface area contributed by atoms with E-state index in [4.69, 9.17) is 4.52 Å². The minimum atomic E-state index is -0.588. The first-order valence-electron chi connectivity index (χ1n) is 9.85. The Kier molecular flexibility index (Phi) is 4.83. The maximum absolute atomic E-state index is 13.2. The molecule has 1 saturated carbocycles. The summed E-state index contributed by atoms with van der Waals surface area (Å²) in [4.78, 5) is 26.7. The molecule has 1 N–H and O–H groups in total. The minimum Gasteiger partial charge on any atom is -0.340 e. The molecule has 7 nitrogen and oxygen atoms in total. The summed E-state index contributed by atoms with van der Waals surface area (Å²) in [5, 5.41) is 7.38. The highest BCUT2D eigenvalue weighted by atomic mass is 16.5. The van der Waals surface area contributed by atoms with E-state index in [1.807, 2.05) is 19.9 Å². The molecular weight excluding hydrogens is 354 g/mol. The van der Waals surface area contributed by atoms with Gasteiger partial charge in [-0.05, 0) is 44.9 Å². The predicted molar refractivity (Wildman–Crippen MR) is 105 cm³/mol. The molecule has 2 aromatic heterocycles. The van der Waals surface area contributed by atoms with Crippen molar-refractivity contribution in [2.75, 3.05) is 0 Å². The number of benzene rings is 1. The predicted octanol–water partition coefficient (Wildman–Crippen LogP) is 3.92. The third-order valence-electron chi connectivity index (χ3n) is 5.60. The van der Waals surface area contributed by atoms with Crippen LogP contribution >= 0.6 is 0 Å². The maximum atomic E-state index is 13.2. The van der Waals surface area contributed by atoms with Gasteiger partial charge in [0.25, 0.3) is 5.91 Å². The number of nitrogens with one attached hydrogen (secondary N) is 1. The number of hydrogen-bond acceptors (Lipinski definition) is 6. The van der Waals surface area contributed by atoms with E-state index in [1.54, 1.807) is 19.1 Å². The largest absolute Gasteiger partial charge is 0.340 e. The van der Waals surface area contributed by atoms with Gasteiger partial charge in [-0.3, -0.25) is 4.79 Å². The van der Waals surface area contributed by atoms with Gasteiger partial charge in [0.1, 0.15) is 5.54 Å². The Bertz CT molecular complexity index is 1020. The average molecular weight is 379 g/mol. The van der Waals surface area contributed by atoms with Crippen LogP contribution in [0.4, 0.5) is 0 Å². The van der Waals surface area contributed by atoms with Crippen LogP contribution in [0.15, 0.2) is 22.7 Å². The smallest absolute Gasteiger partial charge is 0.252 e.